The first-order chi connectivity index (χ1) is 20.6. The maximum Gasteiger partial charge on any atom is 0.475 e. The number of hydrogen-bond acceptors (Lipinski definition) is 17. The molecule has 2 aliphatic rings. The Labute approximate surface area is 245 Å². The summed E-state index contributed by atoms with van der Waals surface area (Å²) in [6.45, 7) is -2.97. The average Bonchev–Trinajstić information content (AvgIpc) is 3.23. The molecule has 1 amide bonds. The third-order valence-electron chi connectivity index (χ3n) is 6.55. The number of aliphatic carboxylic acids is 1. The van der Waals surface area contributed by atoms with E-state index in [1.165, 1.54) is 6.07 Å². The first-order valence-electron chi connectivity index (χ1n) is 12.5. The van der Waals surface area contributed by atoms with Crippen LogP contribution in [0, 0.1) is 0 Å². The number of aromatic nitrogens is 2. The molecule has 0 spiro atoms. The van der Waals surface area contributed by atoms with Crippen molar-refractivity contribution in [3.05, 3.63) is 33.2 Å². The van der Waals surface area contributed by atoms with Gasteiger partial charge in [-0.1, -0.05) is 5.11 Å². The molecule has 1 aromatic rings. The number of ether oxygens (including phenoxy) is 2. The molecule has 0 aromatic carbocycles. The molecule has 2 fully saturated rings. The Kier molecular flexibility index (Phi) is 11.4. The van der Waals surface area contributed by atoms with Crippen LogP contribution < -0.4 is 16.7 Å². The maximum absolute atomic E-state index is 12.9. The second-order valence-electron chi connectivity index (χ2n) is 9.58. The summed E-state index contributed by atoms with van der Waals surface area (Å²) >= 11 is 0. The van der Waals surface area contributed by atoms with Crippen LogP contribution in [-0.2, 0) is 32.7 Å². The number of carbonyl (C=O) groups excluding carboxylic acids is 1. The molecule has 11 N–H and O–H groups in total. The van der Waals surface area contributed by atoms with E-state index in [4.69, 9.17) is 29.8 Å². The van der Waals surface area contributed by atoms with Crippen LogP contribution in [0.1, 0.15) is 12.6 Å². The summed E-state index contributed by atoms with van der Waals surface area (Å²) < 4.78 is 33.8. The molecular weight excluding hydrogens is 625 g/mol. The summed E-state index contributed by atoms with van der Waals surface area (Å²) in [5.41, 5.74) is 12.8. The number of phosphoric ester groups is 1. The number of nitrogens with zero attached hydrogens (tertiary/aromatic N) is 5. The third kappa shape index (κ3) is 7.86. The lowest BCUT2D eigenvalue weighted by Gasteiger charge is -2.46. The predicted molar refractivity (Wildman–Crippen MR) is 137 cm³/mol. The highest BCUT2D eigenvalue weighted by Crippen LogP contribution is 2.51. The number of hydrogen-bond donors (Lipinski definition) is 10. The fraction of sp³-hybridized carbons (Fsp3) is 0.700. The maximum atomic E-state index is 12.9. The lowest BCUT2D eigenvalue weighted by atomic mass is 9.88. The van der Waals surface area contributed by atoms with Gasteiger partial charge in [0.25, 0.3) is 5.79 Å². The predicted octanol–water partition coefficient (Wildman–Crippen LogP) is -4.98. The van der Waals surface area contributed by atoms with Gasteiger partial charge in [-0.05, 0) is 11.6 Å². The fourth-order valence-corrected chi connectivity index (χ4v) is 5.37. The Morgan fingerprint density at radius 1 is 1.34 bits per heavy atom. The minimum atomic E-state index is -5.59. The van der Waals surface area contributed by atoms with Crippen LogP contribution in [0.25, 0.3) is 10.4 Å². The molecule has 3 rings (SSSR count). The van der Waals surface area contributed by atoms with Crippen molar-refractivity contribution in [3.63, 3.8) is 0 Å². The minimum Gasteiger partial charge on any atom is -0.477 e. The Morgan fingerprint density at radius 2 is 2.02 bits per heavy atom. The molecule has 246 valence electrons. The molecule has 11 atom stereocenters. The van der Waals surface area contributed by atoms with Gasteiger partial charge in [0.05, 0.1) is 25.4 Å². The number of carboxylic acids is 1. The number of anilines is 1. The van der Waals surface area contributed by atoms with E-state index in [2.05, 4.69) is 20.3 Å². The number of rotatable bonds is 13. The van der Waals surface area contributed by atoms with Crippen molar-refractivity contribution in [2.24, 2.45) is 5.11 Å². The van der Waals surface area contributed by atoms with Gasteiger partial charge in [0.1, 0.15) is 49.0 Å². The summed E-state index contributed by atoms with van der Waals surface area (Å²) in [6.07, 6.45) is -15.3. The van der Waals surface area contributed by atoms with E-state index >= 15 is 0 Å². The number of nitrogen functional groups attached to an aromatic ring is 1. The number of nitrogens with one attached hydrogen (secondary N) is 1. The molecule has 0 radical (unpaired) electrons. The molecule has 2 saturated heterocycles. The van der Waals surface area contributed by atoms with E-state index in [0.29, 0.717) is 0 Å². The number of aliphatic hydroxyl groups excluding tert-OH is 6. The molecule has 0 bridgehead atoms. The van der Waals surface area contributed by atoms with Crippen LogP contribution in [0.4, 0.5) is 5.82 Å². The number of azide groups is 1. The molecule has 44 heavy (non-hydrogen) atoms. The van der Waals surface area contributed by atoms with Crippen LogP contribution in [0.2, 0.25) is 0 Å². The van der Waals surface area contributed by atoms with Gasteiger partial charge in [0.15, 0.2) is 6.23 Å². The zero-order valence-corrected chi connectivity index (χ0v) is 23.2. The van der Waals surface area contributed by atoms with Gasteiger partial charge < -0.3 is 61.2 Å². The van der Waals surface area contributed by atoms with Gasteiger partial charge in [0, 0.05) is 17.5 Å². The Hall–Kier alpha value is -3.28. The SMILES string of the molecule is [N-]=[N+]=NCC(=O)NC1C(O)CC(OP(=O)(O)OC[C@H]2O[C@@H](n3ccc(N)nc3=O)C(O)[C@H]2O)(C(=O)O)OC1[C@H](O)[C@H](O)CO. The molecule has 24 heteroatoms. The summed E-state index contributed by atoms with van der Waals surface area (Å²) in [4.78, 5) is 52.6. The molecule has 0 saturated carbocycles. The standard InChI is InChI=1S/C20H30N7O16P/c21-10-1-2-27(19(37)24-10)17-15(34)14(33)9(41-17)6-40-44(38,39)43-20(18(35)36)3-7(29)12(25-11(31)4-23-26-22)16(42-20)13(32)8(30)5-28/h1-2,7-9,12-17,28-30,32-34H,3-6H2,(H,25,31)(H,35,36)(H,38,39)(H2,21,24,37)/t7?,8-,9-,12?,13-,14+,15?,16?,17-,20?/m1/s1. The van der Waals surface area contributed by atoms with E-state index in [1.54, 1.807) is 0 Å². The summed E-state index contributed by atoms with van der Waals surface area (Å²) in [5, 5.41) is 76.0. The van der Waals surface area contributed by atoms with E-state index in [-0.39, 0.29) is 5.82 Å². The van der Waals surface area contributed by atoms with Crippen LogP contribution >= 0.6 is 7.82 Å². The summed E-state index contributed by atoms with van der Waals surface area (Å²) in [5.74, 6) is -6.63. The van der Waals surface area contributed by atoms with Crippen LogP contribution in [0.15, 0.2) is 22.2 Å². The van der Waals surface area contributed by atoms with Gasteiger partial charge in [-0.25, -0.2) is 18.7 Å². The second-order valence-corrected chi connectivity index (χ2v) is 11.0. The van der Waals surface area contributed by atoms with Crippen LogP contribution in [-0.4, -0.2) is 136 Å². The first kappa shape index (κ1) is 35.2. The zero-order chi connectivity index (χ0) is 33.0. The smallest absolute Gasteiger partial charge is 0.475 e. The fourth-order valence-electron chi connectivity index (χ4n) is 4.41. The van der Waals surface area contributed by atoms with E-state index in [9.17, 15) is 59.6 Å². The van der Waals surface area contributed by atoms with Crippen molar-refractivity contribution in [1.29, 1.82) is 0 Å². The molecule has 2 aliphatic heterocycles. The number of nitrogens with two attached hydrogens (primary N) is 1. The Morgan fingerprint density at radius 3 is 2.61 bits per heavy atom. The minimum absolute atomic E-state index is 0.151. The van der Waals surface area contributed by atoms with E-state index < -0.39 is 112 Å². The lowest BCUT2D eigenvalue weighted by Crippen LogP contribution is -2.68. The summed E-state index contributed by atoms with van der Waals surface area (Å²) in [6, 6.07) is -0.553. The number of carbonyl (C=O) groups is 2. The van der Waals surface area contributed by atoms with E-state index in [0.717, 1.165) is 10.8 Å². The summed E-state index contributed by atoms with van der Waals surface area (Å²) in [7, 11) is -5.59. The van der Waals surface area contributed by atoms with E-state index in [1.807, 2.05) is 0 Å². The van der Waals surface area contributed by atoms with Crippen molar-refractivity contribution >= 4 is 25.5 Å². The largest absolute Gasteiger partial charge is 0.477 e. The number of phosphoric acid groups is 1. The Balaban J connectivity index is 1.80. The third-order valence-corrected chi connectivity index (χ3v) is 7.55. The van der Waals surface area contributed by atoms with Gasteiger partial charge in [-0.2, -0.15) is 4.98 Å². The number of carboxylic acid groups (broad SMARTS) is 1. The number of amides is 1. The van der Waals surface area contributed by atoms with Crippen molar-refractivity contribution in [2.75, 3.05) is 25.5 Å². The van der Waals surface area contributed by atoms with Crippen molar-refractivity contribution in [2.45, 2.75) is 67.2 Å². The van der Waals surface area contributed by atoms with Crippen LogP contribution in [0.3, 0.4) is 0 Å². The highest BCUT2D eigenvalue weighted by molar-refractivity contribution is 7.47. The van der Waals surface area contributed by atoms with Crippen molar-refractivity contribution in [1.82, 2.24) is 14.9 Å². The Bertz CT molecular complexity index is 1360. The molecule has 1 aromatic heterocycles. The quantitative estimate of drug-likeness (QED) is 0.0411. The average molecular weight is 655 g/mol. The highest BCUT2D eigenvalue weighted by Gasteiger charge is 2.59. The van der Waals surface area contributed by atoms with Gasteiger partial charge >= 0.3 is 19.5 Å². The molecule has 3 heterocycles. The lowest BCUT2D eigenvalue weighted by molar-refractivity contribution is -0.289. The topological polar surface area (TPSA) is 372 Å². The molecular formula is C20H30N7O16P. The van der Waals surface area contributed by atoms with Gasteiger partial charge in [-0.3, -0.25) is 13.9 Å². The van der Waals surface area contributed by atoms with Gasteiger partial charge in [-0.15, -0.1) is 0 Å². The van der Waals surface area contributed by atoms with Crippen molar-refractivity contribution in [3.8, 4) is 0 Å². The molecule has 0 aliphatic carbocycles. The monoisotopic (exact) mass is 655 g/mol. The molecule has 23 nitrogen and oxygen atoms in total. The van der Waals surface area contributed by atoms with Gasteiger partial charge in [0.2, 0.25) is 5.91 Å². The molecule has 6 unspecified atom stereocenters. The first-order valence-corrected chi connectivity index (χ1v) is 14.0. The van der Waals surface area contributed by atoms with Crippen LogP contribution in [0.5, 0.6) is 0 Å². The second kappa shape index (κ2) is 14.2. The highest BCUT2D eigenvalue weighted by atomic mass is 31.2. The van der Waals surface area contributed by atoms with Crippen molar-refractivity contribution < 1.29 is 73.3 Å². The number of aliphatic hydroxyl groups is 6. The normalized spacial score (nSPS) is 33.0. The zero-order valence-electron chi connectivity index (χ0n) is 22.3.